The molecule has 0 bridgehead atoms. The summed E-state index contributed by atoms with van der Waals surface area (Å²) in [5.74, 6) is 0.705. The molecule has 0 aliphatic carbocycles. The first kappa shape index (κ1) is 14.4. The minimum Gasteiger partial charge on any atom is -0.306 e. The van der Waals surface area contributed by atoms with Gasteiger partial charge in [0.1, 0.15) is 0 Å². The van der Waals surface area contributed by atoms with Gasteiger partial charge < -0.3 is 4.52 Å². The molecule has 1 unspecified atom stereocenters. The van der Waals surface area contributed by atoms with Crippen molar-refractivity contribution in [3.8, 4) is 0 Å². The maximum atomic E-state index is 12.6. The Bertz CT molecular complexity index is 300. The van der Waals surface area contributed by atoms with Gasteiger partial charge in [0.05, 0.1) is 6.61 Å². The van der Waals surface area contributed by atoms with Crippen LogP contribution in [0, 0.1) is 0 Å². The van der Waals surface area contributed by atoms with E-state index in [1.54, 1.807) is 6.92 Å². The first-order chi connectivity index (χ1) is 7.53. The lowest BCUT2D eigenvalue weighted by Crippen LogP contribution is -2.20. The lowest BCUT2D eigenvalue weighted by Gasteiger charge is -2.27. The second-order valence-electron chi connectivity index (χ2n) is 3.45. The van der Waals surface area contributed by atoms with Crippen LogP contribution in [0.2, 0.25) is 0 Å². The molecule has 0 N–H and O–H groups in total. The molecule has 1 heterocycles. The smallest absolute Gasteiger partial charge is 0.306 e. The second kappa shape index (κ2) is 6.34. The molecular weight excluding hydrogens is 265 g/mol. The number of amides is 1. The van der Waals surface area contributed by atoms with Crippen molar-refractivity contribution in [2.45, 2.75) is 32.4 Å². The van der Waals surface area contributed by atoms with Crippen LogP contribution in [0.25, 0.3) is 0 Å². The Hall–Kier alpha value is 0.360. The molecule has 16 heavy (non-hydrogen) atoms. The van der Waals surface area contributed by atoms with Crippen molar-refractivity contribution in [1.29, 1.82) is 0 Å². The highest BCUT2D eigenvalue weighted by Crippen LogP contribution is 2.65. The molecule has 0 radical (unpaired) electrons. The Morgan fingerprint density at radius 2 is 2.31 bits per heavy atom. The molecule has 0 saturated carbocycles. The van der Waals surface area contributed by atoms with E-state index in [9.17, 15) is 9.36 Å². The van der Waals surface area contributed by atoms with E-state index in [2.05, 4.69) is 0 Å². The Labute approximate surface area is 105 Å². The van der Waals surface area contributed by atoms with Crippen LogP contribution in [0.3, 0.4) is 0 Å². The lowest BCUT2D eigenvalue weighted by atomic mass is 10.4. The molecule has 0 aromatic heterocycles. The van der Waals surface area contributed by atoms with Gasteiger partial charge in [-0.25, -0.2) is 0 Å². The van der Waals surface area contributed by atoms with E-state index < -0.39 is 6.72 Å². The largest absolute Gasteiger partial charge is 0.356 e. The summed E-state index contributed by atoms with van der Waals surface area (Å²) in [5, 5.41) is 0.114. The van der Waals surface area contributed by atoms with Gasteiger partial charge in [0, 0.05) is 17.5 Å². The Morgan fingerprint density at radius 1 is 1.62 bits per heavy atom. The van der Waals surface area contributed by atoms with Crippen molar-refractivity contribution in [2.24, 2.45) is 0 Å². The van der Waals surface area contributed by atoms with Crippen LogP contribution in [0.4, 0.5) is 4.79 Å². The van der Waals surface area contributed by atoms with E-state index in [4.69, 9.17) is 4.52 Å². The summed E-state index contributed by atoms with van der Waals surface area (Å²) >= 11 is 2.51. The predicted octanol–water partition coefficient (Wildman–Crippen LogP) is 3.83. The van der Waals surface area contributed by atoms with Crippen LogP contribution < -0.4 is 0 Å². The van der Waals surface area contributed by atoms with Gasteiger partial charge in [-0.05, 0) is 24.7 Å². The summed E-state index contributed by atoms with van der Waals surface area (Å²) in [6.07, 6.45) is 0.914. The van der Waals surface area contributed by atoms with E-state index in [1.807, 2.05) is 13.8 Å². The van der Waals surface area contributed by atoms with Crippen LogP contribution in [-0.2, 0) is 9.09 Å². The van der Waals surface area contributed by atoms with Gasteiger partial charge in [-0.15, -0.1) is 0 Å². The fourth-order valence-electron chi connectivity index (χ4n) is 1.23. The van der Waals surface area contributed by atoms with Gasteiger partial charge in [0.25, 0.3) is 5.24 Å². The SMILES string of the molecule is CCOP(=O)(S[C@@H](C)CC)N1CCSC1=O. The van der Waals surface area contributed by atoms with Gasteiger partial charge in [-0.2, -0.15) is 0 Å². The Morgan fingerprint density at radius 3 is 2.75 bits per heavy atom. The number of thioether (sulfide) groups is 1. The zero-order valence-corrected chi connectivity index (χ0v) is 12.4. The lowest BCUT2D eigenvalue weighted by molar-refractivity contribution is 0.241. The monoisotopic (exact) mass is 283 g/mol. The summed E-state index contributed by atoms with van der Waals surface area (Å²) < 4.78 is 19.4. The highest BCUT2D eigenvalue weighted by Gasteiger charge is 2.40. The number of hydrogen-bond donors (Lipinski definition) is 0. The molecule has 94 valence electrons. The molecule has 1 aliphatic heterocycles. The molecule has 1 fully saturated rings. The number of carbonyl (C=O) groups excluding carboxylic acids is 1. The number of nitrogens with zero attached hydrogens (tertiary/aromatic N) is 1. The summed E-state index contributed by atoms with van der Waals surface area (Å²) in [6, 6.07) is 0. The zero-order chi connectivity index (χ0) is 12.2. The van der Waals surface area contributed by atoms with Crippen LogP contribution in [0.15, 0.2) is 0 Å². The van der Waals surface area contributed by atoms with Gasteiger partial charge >= 0.3 is 6.72 Å². The molecular formula is C9H18NO3PS2. The molecule has 0 spiro atoms. The van der Waals surface area contributed by atoms with Crippen molar-refractivity contribution in [3.05, 3.63) is 0 Å². The third-order valence-electron chi connectivity index (χ3n) is 2.22. The minimum absolute atomic E-state index is 0.118. The molecule has 1 amide bonds. The number of hydrogen-bond acceptors (Lipinski definition) is 5. The highest BCUT2D eigenvalue weighted by molar-refractivity contribution is 8.56. The van der Waals surface area contributed by atoms with E-state index >= 15 is 0 Å². The van der Waals surface area contributed by atoms with Crippen LogP contribution in [0.5, 0.6) is 0 Å². The highest BCUT2D eigenvalue weighted by atomic mass is 32.7. The molecule has 2 atom stereocenters. The van der Waals surface area contributed by atoms with Gasteiger partial charge in [0.15, 0.2) is 0 Å². The Balaban J connectivity index is 2.78. The number of rotatable bonds is 6. The van der Waals surface area contributed by atoms with Crippen molar-refractivity contribution in [1.82, 2.24) is 4.67 Å². The quantitative estimate of drug-likeness (QED) is 0.693. The van der Waals surface area contributed by atoms with Gasteiger partial charge in [-0.3, -0.25) is 14.0 Å². The van der Waals surface area contributed by atoms with Crippen molar-refractivity contribution < 1.29 is 13.9 Å². The van der Waals surface area contributed by atoms with E-state index in [0.717, 1.165) is 6.42 Å². The first-order valence-corrected chi connectivity index (χ1v) is 9.46. The van der Waals surface area contributed by atoms with Crippen LogP contribution >= 0.6 is 29.9 Å². The summed E-state index contributed by atoms with van der Waals surface area (Å²) in [7, 11) is 0. The first-order valence-electron chi connectivity index (χ1n) is 5.41. The van der Waals surface area contributed by atoms with Crippen molar-refractivity contribution in [2.75, 3.05) is 18.9 Å². The minimum atomic E-state index is -3.02. The normalized spacial score (nSPS) is 22.2. The van der Waals surface area contributed by atoms with Crippen molar-refractivity contribution >= 4 is 35.1 Å². The van der Waals surface area contributed by atoms with Gasteiger partial charge in [0.2, 0.25) is 0 Å². The van der Waals surface area contributed by atoms with Gasteiger partial charge in [-0.1, -0.05) is 25.6 Å². The Kier molecular flexibility index (Phi) is 5.71. The molecule has 0 aromatic rings. The average Bonchev–Trinajstić information content (AvgIpc) is 2.65. The van der Waals surface area contributed by atoms with E-state index in [0.29, 0.717) is 18.9 Å². The van der Waals surface area contributed by atoms with E-state index in [1.165, 1.54) is 27.8 Å². The zero-order valence-electron chi connectivity index (χ0n) is 9.84. The third kappa shape index (κ3) is 3.42. The molecule has 1 rings (SSSR count). The van der Waals surface area contributed by atoms with Crippen LogP contribution in [0.1, 0.15) is 27.2 Å². The molecule has 0 aromatic carbocycles. The standard InChI is InChI=1S/C9H18NO3PS2/c1-4-8(3)16-14(12,13-5-2)10-6-7-15-9(10)11/h8H,4-7H2,1-3H3/t8-,14?/m0/s1. The van der Waals surface area contributed by atoms with Crippen LogP contribution in [-0.4, -0.2) is 34.1 Å². The second-order valence-corrected chi connectivity index (χ2v) is 9.20. The fraction of sp³-hybridized carbons (Fsp3) is 0.889. The maximum Gasteiger partial charge on any atom is 0.356 e. The topological polar surface area (TPSA) is 46.6 Å². The maximum absolute atomic E-state index is 12.6. The van der Waals surface area contributed by atoms with Crippen molar-refractivity contribution in [3.63, 3.8) is 0 Å². The molecule has 4 nitrogen and oxygen atoms in total. The molecule has 7 heteroatoms. The summed E-state index contributed by atoms with van der Waals surface area (Å²) in [4.78, 5) is 11.6. The summed E-state index contributed by atoms with van der Waals surface area (Å²) in [5.41, 5.74) is 0. The molecule has 1 aliphatic rings. The van der Waals surface area contributed by atoms with E-state index in [-0.39, 0.29) is 10.5 Å². The molecule has 1 saturated heterocycles. The fourth-order valence-corrected chi connectivity index (χ4v) is 7.61. The third-order valence-corrected chi connectivity index (χ3v) is 8.51. The predicted molar refractivity (Wildman–Crippen MR) is 71.1 cm³/mol. The average molecular weight is 283 g/mol. The summed E-state index contributed by atoms with van der Waals surface area (Å²) in [6.45, 7) is 3.73. The number of carbonyl (C=O) groups is 1.